The molecule has 0 saturated heterocycles. The summed E-state index contributed by atoms with van der Waals surface area (Å²) < 4.78 is 0. The number of aromatic amines is 1. The molecule has 5 heteroatoms. The number of hydrogen-bond donors (Lipinski definition) is 1. The van der Waals surface area contributed by atoms with Crippen molar-refractivity contribution in [3.05, 3.63) is 22.6 Å². The number of thioether (sulfide) groups is 1. The summed E-state index contributed by atoms with van der Waals surface area (Å²) in [4.78, 5) is 28.2. The molecule has 0 radical (unpaired) electrons. The standard InChI is InChI=1S/C8H10N2O2S/c1-5(11)6(2)13-8-9-4-3-7(12)10-8/h3-4,6H,1-2H3,(H,9,10,12). The summed E-state index contributed by atoms with van der Waals surface area (Å²) >= 11 is 1.25. The Morgan fingerprint density at radius 3 is 2.92 bits per heavy atom. The van der Waals surface area contributed by atoms with Gasteiger partial charge in [-0.15, -0.1) is 0 Å². The number of ketones is 1. The molecule has 1 heterocycles. The largest absolute Gasteiger partial charge is 0.301 e. The van der Waals surface area contributed by atoms with Crippen molar-refractivity contribution in [1.29, 1.82) is 0 Å². The Labute approximate surface area is 79.8 Å². The molecule has 0 aliphatic heterocycles. The lowest BCUT2D eigenvalue weighted by Gasteiger charge is -2.04. The van der Waals surface area contributed by atoms with Crippen molar-refractivity contribution in [3.63, 3.8) is 0 Å². The van der Waals surface area contributed by atoms with E-state index in [4.69, 9.17) is 0 Å². The van der Waals surface area contributed by atoms with E-state index >= 15 is 0 Å². The Morgan fingerprint density at radius 2 is 2.38 bits per heavy atom. The van der Waals surface area contributed by atoms with Gasteiger partial charge in [-0.05, 0) is 13.8 Å². The molecule has 0 saturated carbocycles. The summed E-state index contributed by atoms with van der Waals surface area (Å²) in [6.07, 6.45) is 1.42. The van der Waals surface area contributed by atoms with Gasteiger partial charge in [0.25, 0.3) is 5.56 Å². The molecule has 1 atom stereocenters. The molecule has 1 N–H and O–H groups in total. The third-order valence-electron chi connectivity index (χ3n) is 1.51. The number of rotatable bonds is 3. The van der Waals surface area contributed by atoms with Gasteiger partial charge in [-0.2, -0.15) is 0 Å². The van der Waals surface area contributed by atoms with Gasteiger partial charge in [0.15, 0.2) is 5.16 Å². The highest BCUT2D eigenvalue weighted by Crippen LogP contribution is 2.17. The molecule has 0 aromatic carbocycles. The van der Waals surface area contributed by atoms with Crippen LogP contribution in [-0.4, -0.2) is 21.0 Å². The van der Waals surface area contributed by atoms with Crippen molar-refractivity contribution in [2.75, 3.05) is 0 Å². The zero-order valence-corrected chi connectivity index (χ0v) is 8.22. The highest BCUT2D eigenvalue weighted by molar-refractivity contribution is 8.00. The molecule has 4 nitrogen and oxygen atoms in total. The van der Waals surface area contributed by atoms with Crippen molar-refractivity contribution < 1.29 is 4.79 Å². The monoisotopic (exact) mass is 198 g/mol. The minimum absolute atomic E-state index is 0.0662. The Bertz CT molecular complexity index is 361. The number of hydrogen-bond acceptors (Lipinski definition) is 4. The minimum atomic E-state index is -0.201. The maximum absolute atomic E-state index is 10.9. The second kappa shape index (κ2) is 4.23. The predicted molar refractivity (Wildman–Crippen MR) is 50.9 cm³/mol. The van der Waals surface area contributed by atoms with E-state index < -0.39 is 0 Å². The van der Waals surface area contributed by atoms with E-state index in [9.17, 15) is 9.59 Å². The van der Waals surface area contributed by atoms with E-state index in [0.717, 1.165) is 0 Å². The summed E-state index contributed by atoms with van der Waals surface area (Å²) in [5, 5.41) is 0.306. The number of nitrogens with one attached hydrogen (secondary N) is 1. The van der Waals surface area contributed by atoms with Gasteiger partial charge in [0, 0.05) is 12.3 Å². The number of Topliss-reactive ketones (excluding diaryl/α,β-unsaturated/α-hetero) is 1. The van der Waals surface area contributed by atoms with Gasteiger partial charge in [-0.25, -0.2) is 4.98 Å². The fraction of sp³-hybridized carbons (Fsp3) is 0.375. The van der Waals surface area contributed by atoms with Gasteiger partial charge >= 0.3 is 0 Å². The second-order valence-corrected chi connectivity index (χ2v) is 3.94. The molecular weight excluding hydrogens is 188 g/mol. The third kappa shape index (κ3) is 3.02. The molecule has 1 aromatic heterocycles. The Morgan fingerprint density at radius 1 is 1.69 bits per heavy atom. The zero-order valence-electron chi connectivity index (χ0n) is 7.40. The number of nitrogens with zero attached hydrogens (tertiary/aromatic N) is 1. The number of aromatic nitrogens is 2. The first-order valence-electron chi connectivity index (χ1n) is 3.82. The van der Waals surface area contributed by atoms with Crippen LogP contribution in [0.25, 0.3) is 0 Å². The van der Waals surface area contributed by atoms with Crippen LogP contribution >= 0.6 is 11.8 Å². The van der Waals surface area contributed by atoms with Crippen LogP contribution in [0.1, 0.15) is 13.8 Å². The van der Waals surface area contributed by atoms with Gasteiger partial charge in [-0.3, -0.25) is 9.59 Å². The van der Waals surface area contributed by atoms with E-state index in [-0.39, 0.29) is 16.6 Å². The molecule has 0 aliphatic carbocycles. The topological polar surface area (TPSA) is 62.8 Å². The van der Waals surface area contributed by atoms with Gasteiger partial charge in [0.1, 0.15) is 5.78 Å². The van der Waals surface area contributed by atoms with Crippen molar-refractivity contribution in [1.82, 2.24) is 9.97 Å². The maximum Gasteiger partial charge on any atom is 0.251 e. The Hall–Kier alpha value is -1.10. The van der Waals surface area contributed by atoms with Crippen LogP contribution in [0.4, 0.5) is 0 Å². The first-order valence-corrected chi connectivity index (χ1v) is 4.70. The average molecular weight is 198 g/mol. The fourth-order valence-corrected chi connectivity index (χ4v) is 1.44. The second-order valence-electron chi connectivity index (χ2n) is 2.61. The van der Waals surface area contributed by atoms with Crippen molar-refractivity contribution in [2.24, 2.45) is 0 Å². The molecule has 0 fully saturated rings. The lowest BCUT2D eigenvalue weighted by Crippen LogP contribution is -2.11. The van der Waals surface area contributed by atoms with Crippen LogP contribution in [0.2, 0.25) is 0 Å². The molecule has 1 rings (SSSR count). The fourth-order valence-electron chi connectivity index (χ4n) is 0.662. The summed E-state index contributed by atoms with van der Waals surface area (Å²) in [7, 11) is 0. The summed E-state index contributed by atoms with van der Waals surface area (Å²) in [5.41, 5.74) is -0.201. The molecule has 70 valence electrons. The summed E-state index contributed by atoms with van der Waals surface area (Å²) in [6.45, 7) is 3.29. The van der Waals surface area contributed by atoms with E-state index in [1.807, 2.05) is 0 Å². The van der Waals surface area contributed by atoms with Gasteiger partial charge in [0.2, 0.25) is 0 Å². The normalized spacial score (nSPS) is 12.5. The molecule has 1 unspecified atom stereocenters. The number of carbonyl (C=O) groups excluding carboxylic acids is 1. The van der Waals surface area contributed by atoms with E-state index in [1.54, 1.807) is 6.92 Å². The van der Waals surface area contributed by atoms with Crippen molar-refractivity contribution >= 4 is 17.5 Å². The molecule has 0 aliphatic rings. The maximum atomic E-state index is 10.9. The lowest BCUT2D eigenvalue weighted by atomic mass is 10.3. The van der Waals surface area contributed by atoms with Crippen molar-refractivity contribution in [2.45, 2.75) is 24.3 Å². The molecule has 0 amide bonds. The summed E-state index contributed by atoms with van der Waals surface area (Å²) in [5.74, 6) is 0.0662. The molecule has 0 bridgehead atoms. The quantitative estimate of drug-likeness (QED) is 0.577. The zero-order chi connectivity index (χ0) is 9.84. The van der Waals surface area contributed by atoms with E-state index in [0.29, 0.717) is 5.16 Å². The molecule has 0 spiro atoms. The SMILES string of the molecule is CC(=O)C(C)Sc1nccc(=O)[nH]1. The highest BCUT2D eigenvalue weighted by atomic mass is 32.2. The smallest absolute Gasteiger partial charge is 0.251 e. The Balaban J connectivity index is 2.75. The lowest BCUT2D eigenvalue weighted by molar-refractivity contribution is -0.116. The Kier molecular flexibility index (Phi) is 3.25. The minimum Gasteiger partial charge on any atom is -0.301 e. The van der Waals surface area contributed by atoms with Crippen LogP contribution in [-0.2, 0) is 4.79 Å². The van der Waals surface area contributed by atoms with Crippen LogP contribution in [0, 0.1) is 0 Å². The first-order chi connectivity index (χ1) is 6.09. The number of carbonyl (C=O) groups is 1. The van der Waals surface area contributed by atoms with Crippen LogP contribution < -0.4 is 5.56 Å². The highest BCUT2D eigenvalue weighted by Gasteiger charge is 2.10. The predicted octanol–water partition coefficient (Wildman–Crippen LogP) is 0.839. The van der Waals surface area contributed by atoms with Crippen LogP contribution in [0.15, 0.2) is 22.2 Å². The average Bonchev–Trinajstić information content (AvgIpc) is 2.04. The summed E-state index contributed by atoms with van der Waals surface area (Å²) in [6, 6.07) is 1.34. The van der Waals surface area contributed by atoms with E-state index in [2.05, 4.69) is 9.97 Å². The molecule has 1 aromatic rings. The third-order valence-corrected chi connectivity index (χ3v) is 2.62. The van der Waals surface area contributed by atoms with Crippen LogP contribution in [0.5, 0.6) is 0 Å². The van der Waals surface area contributed by atoms with Crippen LogP contribution in [0.3, 0.4) is 0 Å². The number of H-pyrrole nitrogens is 1. The van der Waals surface area contributed by atoms with E-state index in [1.165, 1.54) is 30.9 Å². The van der Waals surface area contributed by atoms with Crippen molar-refractivity contribution in [3.8, 4) is 0 Å². The van der Waals surface area contributed by atoms with Gasteiger partial charge in [0.05, 0.1) is 5.25 Å². The molecule has 13 heavy (non-hydrogen) atoms. The first kappa shape index (κ1) is 9.98. The van der Waals surface area contributed by atoms with Gasteiger partial charge < -0.3 is 4.98 Å². The van der Waals surface area contributed by atoms with Gasteiger partial charge in [-0.1, -0.05) is 11.8 Å². The molecular formula is C8H10N2O2S.